The molecule has 136 valence electrons. The first-order valence-electron chi connectivity index (χ1n) is 8.65. The molecule has 26 heavy (non-hydrogen) atoms. The van der Waals surface area contributed by atoms with Crippen LogP contribution in [-0.2, 0) is 13.0 Å². The highest BCUT2D eigenvalue weighted by Gasteiger charge is 2.15. The van der Waals surface area contributed by atoms with Crippen molar-refractivity contribution in [3.8, 4) is 5.75 Å². The zero-order chi connectivity index (χ0) is 18.4. The lowest BCUT2D eigenvalue weighted by Crippen LogP contribution is -2.13. The monoisotopic (exact) mass is 386 g/mol. The molecule has 1 heterocycles. The average molecular weight is 387 g/mol. The fourth-order valence-electron chi connectivity index (χ4n) is 2.82. The topological polar surface area (TPSA) is 27.1 Å². The van der Waals surface area contributed by atoms with Crippen LogP contribution in [0.3, 0.4) is 0 Å². The van der Waals surface area contributed by atoms with Crippen molar-refractivity contribution in [3.05, 3.63) is 77.3 Å². The molecule has 3 nitrogen and oxygen atoms in total. The lowest BCUT2D eigenvalue weighted by molar-refractivity contribution is 0.404. The van der Waals surface area contributed by atoms with Gasteiger partial charge >= 0.3 is 0 Å². The summed E-state index contributed by atoms with van der Waals surface area (Å²) in [6.07, 6.45) is 7.82. The molecule has 0 N–H and O–H groups in total. The number of rotatable bonds is 8. The largest absolute Gasteiger partial charge is 0.496 e. The van der Waals surface area contributed by atoms with Crippen molar-refractivity contribution in [3.63, 3.8) is 0 Å². The summed E-state index contributed by atoms with van der Waals surface area (Å²) in [4.78, 5) is 5.28. The minimum absolute atomic E-state index is 0.403. The molecule has 0 aliphatic heterocycles. The number of benzene rings is 2. The molecule has 2 aromatic carbocycles. The van der Waals surface area contributed by atoms with E-state index in [-0.39, 0.29) is 0 Å². The fraction of sp³-hybridized carbons (Fsp3) is 0.286. The van der Waals surface area contributed by atoms with Gasteiger partial charge in [0.05, 0.1) is 13.4 Å². The van der Waals surface area contributed by atoms with Crippen LogP contribution < -0.4 is 4.74 Å². The molecular weight excluding hydrogens is 364 g/mol. The Balaban J connectivity index is 1.73. The van der Waals surface area contributed by atoms with Crippen LogP contribution in [0.5, 0.6) is 5.75 Å². The molecule has 0 fully saturated rings. The minimum Gasteiger partial charge on any atom is -0.496 e. The molecule has 0 saturated carbocycles. The van der Waals surface area contributed by atoms with Gasteiger partial charge in [0, 0.05) is 34.1 Å². The molecule has 0 bridgehead atoms. The van der Waals surface area contributed by atoms with Crippen molar-refractivity contribution in [2.75, 3.05) is 7.11 Å². The van der Waals surface area contributed by atoms with Crippen molar-refractivity contribution >= 4 is 23.4 Å². The molecule has 0 aliphatic rings. The summed E-state index contributed by atoms with van der Waals surface area (Å²) in [5.41, 5.74) is 2.67. The lowest BCUT2D eigenvalue weighted by Gasteiger charge is -2.19. The minimum atomic E-state index is 0.403. The molecule has 3 rings (SSSR count). The maximum atomic E-state index is 6.10. The summed E-state index contributed by atoms with van der Waals surface area (Å²) in [5.74, 6) is 0.827. The van der Waals surface area contributed by atoms with Gasteiger partial charge in [-0.15, -0.1) is 11.8 Å². The van der Waals surface area contributed by atoms with E-state index < -0.39 is 0 Å². The Morgan fingerprint density at radius 1 is 1.19 bits per heavy atom. The summed E-state index contributed by atoms with van der Waals surface area (Å²) < 4.78 is 7.65. The number of hydrogen-bond donors (Lipinski definition) is 0. The van der Waals surface area contributed by atoms with Gasteiger partial charge in [0.1, 0.15) is 5.75 Å². The van der Waals surface area contributed by atoms with Crippen LogP contribution in [0, 0.1) is 6.92 Å². The zero-order valence-corrected chi connectivity index (χ0v) is 16.6. The van der Waals surface area contributed by atoms with E-state index in [0.29, 0.717) is 10.3 Å². The Morgan fingerprint density at radius 3 is 2.69 bits per heavy atom. The van der Waals surface area contributed by atoms with Crippen LogP contribution in [0.25, 0.3) is 0 Å². The van der Waals surface area contributed by atoms with E-state index in [1.54, 1.807) is 7.11 Å². The van der Waals surface area contributed by atoms with E-state index in [0.717, 1.165) is 30.0 Å². The second-order valence-electron chi connectivity index (χ2n) is 6.32. The smallest absolute Gasteiger partial charge is 0.133 e. The molecule has 0 spiro atoms. The van der Waals surface area contributed by atoms with Gasteiger partial charge in [0.2, 0.25) is 0 Å². The Kier molecular flexibility index (Phi) is 6.64. The maximum Gasteiger partial charge on any atom is 0.133 e. The predicted octanol–water partition coefficient (Wildman–Crippen LogP) is 5.65. The number of aryl methyl sites for hydroxylation is 2. The highest BCUT2D eigenvalue weighted by atomic mass is 35.5. The van der Waals surface area contributed by atoms with E-state index in [4.69, 9.17) is 16.3 Å². The zero-order valence-electron chi connectivity index (χ0n) is 15.1. The van der Waals surface area contributed by atoms with Crippen LogP contribution in [0.4, 0.5) is 0 Å². The number of halogens is 1. The van der Waals surface area contributed by atoms with Gasteiger partial charge in [-0.2, -0.15) is 0 Å². The fourth-order valence-corrected chi connectivity index (χ4v) is 4.23. The number of nitrogens with zero attached hydrogens (tertiary/aromatic N) is 2. The maximum absolute atomic E-state index is 6.10. The molecule has 1 atom stereocenters. The van der Waals surface area contributed by atoms with Gasteiger partial charge in [-0.25, -0.2) is 4.98 Å². The quantitative estimate of drug-likeness (QED) is 0.468. The van der Waals surface area contributed by atoms with Gasteiger partial charge in [-0.3, -0.25) is 0 Å². The normalized spacial score (nSPS) is 12.1. The molecule has 3 aromatic rings. The van der Waals surface area contributed by atoms with E-state index in [9.17, 15) is 0 Å². The Bertz CT molecular complexity index is 819. The predicted molar refractivity (Wildman–Crippen MR) is 109 cm³/mol. The molecule has 5 heteroatoms. The van der Waals surface area contributed by atoms with E-state index >= 15 is 0 Å². The third-order valence-electron chi connectivity index (χ3n) is 4.27. The SMILES string of the molecule is COc1cc(Cl)ccc1SC(CCc1ccc(C)cc1)Cn1ccnc1. The van der Waals surface area contributed by atoms with Crippen LogP contribution in [-0.4, -0.2) is 21.9 Å². The summed E-state index contributed by atoms with van der Waals surface area (Å²) in [5, 5.41) is 1.09. The van der Waals surface area contributed by atoms with Crippen molar-refractivity contribution in [1.29, 1.82) is 0 Å². The summed E-state index contributed by atoms with van der Waals surface area (Å²) in [6, 6.07) is 14.6. The standard InChI is InChI=1S/C21H23ClN2OS/c1-16-3-5-17(6-4-16)7-9-19(14-24-12-11-23-15-24)26-21-10-8-18(22)13-20(21)25-2/h3-6,8,10-13,15,19H,7,9,14H2,1-2H3. The van der Waals surface area contributed by atoms with Gasteiger partial charge in [-0.05, 0) is 43.5 Å². The lowest BCUT2D eigenvalue weighted by atomic mass is 10.1. The first-order chi connectivity index (χ1) is 12.6. The highest BCUT2D eigenvalue weighted by Crippen LogP contribution is 2.36. The van der Waals surface area contributed by atoms with Crippen molar-refractivity contribution in [2.45, 2.75) is 36.5 Å². The second-order valence-corrected chi connectivity index (χ2v) is 8.10. The third kappa shape index (κ3) is 5.29. The Morgan fingerprint density at radius 2 is 2.00 bits per heavy atom. The van der Waals surface area contributed by atoms with Crippen molar-refractivity contribution in [2.24, 2.45) is 0 Å². The summed E-state index contributed by atoms with van der Waals surface area (Å²) >= 11 is 7.94. The van der Waals surface area contributed by atoms with Gasteiger partial charge < -0.3 is 9.30 Å². The molecule has 1 unspecified atom stereocenters. The molecule has 0 aliphatic carbocycles. The summed E-state index contributed by atoms with van der Waals surface area (Å²) in [7, 11) is 1.69. The number of hydrogen-bond acceptors (Lipinski definition) is 3. The number of aromatic nitrogens is 2. The molecular formula is C21H23ClN2OS. The molecule has 0 radical (unpaired) electrons. The van der Waals surface area contributed by atoms with E-state index in [1.165, 1.54) is 11.1 Å². The second kappa shape index (κ2) is 9.15. The Labute approximate surface area is 164 Å². The van der Waals surface area contributed by atoms with Crippen LogP contribution in [0.2, 0.25) is 5.02 Å². The van der Waals surface area contributed by atoms with Crippen molar-refractivity contribution < 1.29 is 4.74 Å². The highest BCUT2D eigenvalue weighted by molar-refractivity contribution is 8.00. The number of imidazole rings is 1. The first kappa shape index (κ1) is 18.9. The average Bonchev–Trinajstić information content (AvgIpc) is 3.15. The molecule has 0 saturated heterocycles. The van der Waals surface area contributed by atoms with Gasteiger partial charge in [-0.1, -0.05) is 41.4 Å². The van der Waals surface area contributed by atoms with E-state index in [1.807, 2.05) is 48.7 Å². The van der Waals surface area contributed by atoms with Gasteiger partial charge in [0.15, 0.2) is 0 Å². The molecule has 1 aromatic heterocycles. The van der Waals surface area contributed by atoms with Crippen molar-refractivity contribution in [1.82, 2.24) is 9.55 Å². The van der Waals surface area contributed by atoms with Gasteiger partial charge in [0.25, 0.3) is 0 Å². The van der Waals surface area contributed by atoms with Crippen LogP contribution in [0.15, 0.2) is 66.1 Å². The Hall–Kier alpha value is -1.91. The number of methoxy groups -OCH3 is 1. The summed E-state index contributed by atoms with van der Waals surface area (Å²) in [6.45, 7) is 3.02. The van der Waals surface area contributed by atoms with E-state index in [2.05, 4.69) is 40.7 Å². The van der Waals surface area contributed by atoms with Crippen LogP contribution >= 0.6 is 23.4 Å². The first-order valence-corrected chi connectivity index (χ1v) is 9.91. The van der Waals surface area contributed by atoms with Crippen LogP contribution in [0.1, 0.15) is 17.5 Å². The number of thioether (sulfide) groups is 1. The third-order valence-corrected chi connectivity index (χ3v) is 5.81. The molecule has 0 amide bonds. The number of ether oxygens (including phenoxy) is 1.